The number of anilines is 1. The highest BCUT2D eigenvalue weighted by molar-refractivity contribution is 7.99. The largest absolute Gasteiger partial charge is 0.378 e. The van der Waals surface area contributed by atoms with Crippen LogP contribution >= 0.6 is 11.8 Å². The Balaban J connectivity index is 1.55. The lowest BCUT2D eigenvalue weighted by molar-refractivity contribution is 0.102. The molecule has 1 fully saturated rings. The summed E-state index contributed by atoms with van der Waals surface area (Å²) in [4.78, 5) is 18.6. The number of hydrogen-bond acceptors (Lipinski definition) is 6. The molecule has 1 aliphatic heterocycles. The van der Waals surface area contributed by atoms with Crippen LogP contribution < -0.4 is 4.90 Å². The van der Waals surface area contributed by atoms with E-state index in [9.17, 15) is 4.79 Å². The number of para-hydroxylation sites is 1. The van der Waals surface area contributed by atoms with Crippen LogP contribution in [0.2, 0.25) is 0 Å². The summed E-state index contributed by atoms with van der Waals surface area (Å²) in [6, 6.07) is 7.94. The molecule has 0 amide bonds. The van der Waals surface area contributed by atoms with Gasteiger partial charge in [0.05, 0.1) is 19.0 Å². The lowest BCUT2D eigenvalue weighted by Gasteiger charge is -2.28. The third-order valence-corrected chi connectivity index (χ3v) is 6.01. The summed E-state index contributed by atoms with van der Waals surface area (Å²) in [7, 11) is 0. The van der Waals surface area contributed by atoms with Gasteiger partial charge < -0.3 is 14.6 Å². The molecule has 1 N–H and O–H groups in total. The molecule has 154 valence electrons. The van der Waals surface area contributed by atoms with Crippen molar-refractivity contribution in [3.05, 3.63) is 35.5 Å². The number of aryl methyl sites for hydroxylation is 1. The van der Waals surface area contributed by atoms with Gasteiger partial charge in [-0.3, -0.25) is 9.36 Å². The first-order chi connectivity index (χ1) is 14.0. The normalized spacial score (nSPS) is 14.8. The molecule has 0 saturated carbocycles. The molecule has 8 heteroatoms. The van der Waals surface area contributed by atoms with E-state index in [2.05, 4.69) is 38.5 Å². The topological polar surface area (TPSA) is 76.0 Å². The Labute approximate surface area is 174 Å². The maximum atomic E-state index is 13.0. The van der Waals surface area contributed by atoms with Crippen LogP contribution in [0.15, 0.2) is 29.4 Å². The van der Waals surface area contributed by atoms with Gasteiger partial charge in [0.2, 0.25) is 5.95 Å². The van der Waals surface area contributed by atoms with Gasteiger partial charge in [0.25, 0.3) is 0 Å². The van der Waals surface area contributed by atoms with Gasteiger partial charge >= 0.3 is 0 Å². The highest BCUT2D eigenvalue weighted by atomic mass is 32.2. The molecule has 1 saturated heterocycles. The monoisotopic (exact) mass is 413 g/mol. The van der Waals surface area contributed by atoms with E-state index in [0.29, 0.717) is 24.9 Å². The number of hydrogen-bond donors (Lipinski definition) is 1. The van der Waals surface area contributed by atoms with Crippen LogP contribution in [0.3, 0.4) is 0 Å². The first-order valence-electron chi connectivity index (χ1n) is 10.0. The van der Waals surface area contributed by atoms with Crippen LogP contribution in [0, 0.1) is 12.8 Å². The Kier molecular flexibility index (Phi) is 5.91. The van der Waals surface area contributed by atoms with Gasteiger partial charge in [-0.2, -0.15) is 0 Å². The number of aromatic amines is 1. The number of Topliss-reactive ketones (excluding diaryl/α,β-unsaturated/α-hetero) is 1. The highest BCUT2D eigenvalue weighted by Crippen LogP contribution is 2.27. The quantitative estimate of drug-likeness (QED) is 0.472. The van der Waals surface area contributed by atoms with Crippen molar-refractivity contribution in [3.63, 3.8) is 0 Å². The fourth-order valence-corrected chi connectivity index (χ4v) is 4.56. The molecule has 0 unspecified atom stereocenters. The summed E-state index contributed by atoms with van der Waals surface area (Å²) < 4.78 is 7.61. The maximum Gasteiger partial charge on any atom is 0.228 e. The second-order valence-electron chi connectivity index (χ2n) is 7.77. The van der Waals surface area contributed by atoms with E-state index in [0.717, 1.165) is 52.9 Å². The third kappa shape index (κ3) is 4.18. The summed E-state index contributed by atoms with van der Waals surface area (Å²) >= 11 is 1.47. The molecule has 1 aliphatic rings. The fraction of sp³-hybridized carbons (Fsp3) is 0.476. The summed E-state index contributed by atoms with van der Waals surface area (Å²) in [6.07, 6.45) is 0. The Bertz CT molecular complexity index is 1000. The zero-order valence-corrected chi connectivity index (χ0v) is 18.0. The molecular formula is C21H27N5O2S. The summed E-state index contributed by atoms with van der Waals surface area (Å²) in [5.74, 6) is 1.77. The van der Waals surface area contributed by atoms with E-state index < -0.39 is 0 Å². The SMILES string of the molecule is Cc1[nH]c2ccccc2c1C(=O)CSc1nnc(N2CCOCC2)n1CC(C)C. The lowest BCUT2D eigenvalue weighted by atomic mass is 10.1. The molecule has 0 radical (unpaired) electrons. The fourth-order valence-electron chi connectivity index (χ4n) is 3.75. The Morgan fingerprint density at radius 2 is 2.00 bits per heavy atom. The average molecular weight is 414 g/mol. The number of morpholine rings is 1. The number of carbonyl (C=O) groups is 1. The molecule has 0 spiro atoms. The number of fused-ring (bicyclic) bond motifs is 1. The lowest BCUT2D eigenvalue weighted by Crippen LogP contribution is -2.38. The number of aromatic nitrogens is 4. The molecule has 3 heterocycles. The van der Waals surface area contributed by atoms with Crippen LogP contribution in [0.1, 0.15) is 29.9 Å². The van der Waals surface area contributed by atoms with Crippen molar-refractivity contribution in [3.8, 4) is 0 Å². The Hall–Kier alpha value is -2.32. The zero-order valence-electron chi connectivity index (χ0n) is 17.1. The molecular weight excluding hydrogens is 386 g/mol. The smallest absolute Gasteiger partial charge is 0.228 e. The van der Waals surface area contributed by atoms with Crippen molar-refractivity contribution in [1.82, 2.24) is 19.7 Å². The number of nitrogens with zero attached hydrogens (tertiary/aromatic N) is 4. The number of thioether (sulfide) groups is 1. The predicted octanol–water partition coefficient (Wildman–Crippen LogP) is 3.54. The number of ketones is 1. The van der Waals surface area contributed by atoms with Crippen LogP contribution in [0.5, 0.6) is 0 Å². The highest BCUT2D eigenvalue weighted by Gasteiger charge is 2.23. The van der Waals surface area contributed by atoms with Gasteiger partial charge in [0, 0.05) is 41.8 Å². The number of rotatable bonds is 7. The van der Waals surface area contributed by atoms with Gasteiger partial charge in [0.1, 0.15) is 0 Å². The minimum atomic E-state index is 0.108. The van der Waals surface area contributed by atoms with E-state index in [1.807, 2.05) is 31.2 Å². The molecule has 3 aromatic rings. The predicted molar refractivity (Wildman–Crippen MR) is 116 cm³/mol. The van der Waals surface area contributed by atoms with Crippen LogP contribution in [-0.2, 0) is 11.3 Å². The van der Waals surface area contributed by atoms with E-state index in [-0.39, 0.29) is 5.78 Å². The maximum absolute atomic E-state index is 13.0. The summed E-state index contributed by atoms with van der Waals surface area (Å²) in [5, 5.41) is 10.6. The Morgan fingerprint density at radius 3 is 2.76 bits per heavy atom. The molecule has 4 rings (SSSR count). The van der Waals surface area contributed by atoms with E-state index in [1.165, 1.54) is 11.8 Å². The summed E-state index contributed by atoms with van der Waals surface area (Å²) in [5.41, 5.74) is 2.68. The van der Waals surface area contributed by atoms with Gasteiger partial charge in [-0.05, 0) is 18.9 Å². The number of nitrogens with one attached hydrogen (secondary N) is 1. The van der Waals surface area contributed by atoms with Crippen molar-refractivity contribution >= 4 is 34.4 Å². The number of ether oxygens (including phenoxy) is 1. The van der Waals surface area contributed by atoms with Gasteiger partial charge in [-0.25, -0.2) is 0 Å². The molecule has 0 atom stereocenters. The number of carbonyl (C=O) groups excluding carboxylic acids is 1. The number of benzene rings is 1. The van der Waals surface area contributed by atoms with E-state index >= 15 is 0 Å². The van der Waals surface area contributed by atoms with Crippen molar-refractivity contribution in [2.45, 2.75) is 32.5 Å². The molecule has 29 heavy (non-hydrogen) atoms. The summed E-state index contributed by atoms with van der Waals surface area (Å²) in [6.45, 7) is 10.2. The second-order valence-corrected chi connectivity index (χ2v) is 8.71. The van der Waals surface area contributed by atoms with Crippen LogP contribution in [-0.4, -0.2) is 57.6 Å². The minimum Gasteiger partial charge on any atom is -0.378 e. The van der Waals surface area contributed by atoms with Crippen LogP contribution in [0.25, 0.3) is 10.9 Å². The Morgan fingerprint density at radius 1 is 1.24 bits per heavy atom. The minimum absolute atomic E-state index is 0.108. The van der Waals surface area contributed by atoms with Crippen LogP contribution in [0.4, 0.5) is 5.95 Å². The first kappa shape index (κ1) is 20.0. The molecule has 0 bridgehead atoms. The van der Waals surface area contributed by atoms with E-state index in [1.54, 1.807) is 0 Å². The first-order valence-corrected chi connectivity index (χ1v) is 11.0. The van der Waals surface area contributed by atoms with Gasteiger partial charge in [-0.1, -0.05) is 43.8 Å². The third-order valence-electron chi connectivity index (χ3n) is 5.04. The zero-order chi connectivity index (χ0) is 20.4. The van der Waals surface area contributed by atoms with Crippen molar-refractivity contribution in [2.24, 2.45) is 5.92 Å². The molecule has 1 aromatic carbocycles. The van der Waals surface area contributed by atoms with Gasteiger partial charge in [0.15, 0.2) is 10.9 Å². The molecule has 0 aliphatic carbocycles. The molecule has 7 nitrogen and oxygen atoms in total. The van der Waals surface area contributed by atoms with Crippen molar-refractivity contribution in [1.29, 1.82) is 0 Å². The average Bonchev–Trinajstić information content (AvgIpc) is 3.26. The number of H-pyrrole nitrogens is 1. The van der Waals surface area contributed by atoms with E-state index in [4.69, 9.17) is 4.74 Å². The standard InChI is InChI=1S/C21H27N5O2S/c1-14(2)12-26-20(25-8-10-28-11-9-25)23-24-21(26)29-13-18(27)19-15(3)22-17-7-5-4-6-16(17)19/h4-7,14,22H,8-13H2,1-3H3. The van der Waals surface area contributed by atoms with Crippen molar-refractivity contribution < 1.29 is 9.53 Å². The molecule has 2 aromatic heterocycles. The second kappa shape index (κ2) is 8.59. The van der Waals surface area contributed by atoms with Crippen molar-refractivity contribution in [2.75, 3.05) is 37.0 Å². The van der Waals surface area contributed by atoms with Gasteiger partial charge in [-0.15, -0.1) is 10.2 Å².